The third-order valence-electron chi connectivity index (χ3n) is 3.31. The van der Waals surface area contributed by atoms with E-state index in [1.165, 1.54) is 12.5 Å². The van der Waals surface area contributed by atoms with Gasteiger partial charge < -0.3 is 15.5 Å². The van der Waals surface area contributed by atoms with Crippen LogP contribution in [-0.4, -0.2) is 38.3 Å². The van der Waals surface area contributed by atoms with Crippen molar-refractivity contribution in [2.45, 2.75) is 37.8 Å². The first kappa shape index (κ1) is 12.9. The van der Waals surface area contributed by atoms with Crippen LogP contribution in [0.15, 0.2) is 12.5 Å². The summed E-state index contributed by atoms with van der Waals surface area (Å²) in [5.41, 5.74) is -0.0985. The van der Waals surface area contributed by atoms with Crippen LogP contribution < -0.4 is 5.32 Å². The number of aromatic nitrogens is 2. The largest absolute Gasteiger partial charge is 0.478 e. The van der Waals surface area contributed by atoms with Crippen LogP contribution in [0.2, 0.25) is 0 Å². The van der Waals surface area contributed by atoms with E-state index in [9.17, 15) is 9.90 Å². The number of nitrogens with zero attached hydrogens (tertiary/aromatic N) is 2. The lowest BCUT2D eigenvalue weighted by molar-refractivity contribution is 0.0474. The lowest BCUT2D eigenvalue weighted by Gasteiger charge is -2.22. The molecule has 3 N–H and O–H groups in total. The minimum Gasteiger partial charge on any atom is -0.478 e. The summed E-state index contributed by atoms with van der Waals surface area (Å²) in [5.74, 6) is -1.04. The van der Waals surface area contributed by atoms with E-state index in [1.807, 2.05) is 0 Å². The molecule has 0 unspecified atom stereocenters. The second-order valence-corrected chi connectivity index (χ2v) is 4.72. The molecule has 1 fully saturated rings. The molecule has 0 atom stereocenters. The van der Waals surface area contributed by atoms with Gasteiger partial charge in [0.15, 0.2) is 0 Å². The molecule has 1 aromatic heterocycles. The molecule has 18 heavy (non-hydrogen) atoms. The number of carboxylic acids is 1. The van der Waals surface area contributed by atoms with E-state index in [-0.39, 0.29) is 5.56 Å². The fourth-order valence-corrected chi connectivity index (χ4v) is 2.30. The molecule has 1 aliphatic rings. The highest BCUT2D eigenvalue weighted by molar-refractivity contribution is 5.88. The van der Waals surface area contributed by atoms with Crippen LogP contribution in [0.5, 0.6) is 0 Å². The average Bonchev–Trinajstić information content (AvgIpc) is 2.77. The zero-order valence-electron chi connectivity index (χ0n) is 10.1. The molecule has 0 amide bonds. The van der Waals surface area contributed by atoms with Gasteiger partial charge in [0.25, 0.3) is 0 Å². The van der Waals surface area contributed by atoms with Gasteiger partial charge in [-0.1, -0.05) is 12.8 Å². The Morgan fingerprint density at radius 3 is 2.83 bits per heavy atom. The van der Waals surface area contributed by atoms with Gasteiger partial charge in [-0.3, -0.25) is 0 Å². The smallest absolute Gasteiger partial charge is 0.339 e. The maximum absolute atomic E-state index is 10.9. The molecule has 0 aliphatic heterocycles. The van der Waals surface area contributed by atoms with Crippen LogP contribution in [0, 0.1) is 0 Å². The molecule has 1 aliphatic carbocycles. The van der Waals surface area contributed by atoms with E-state index in [4.69, 9.17) is 5.11 Å². The highest BCUT2D eigenvalue weighted by Gasteiger charge is 2.30. The van der Waals surface area contributed by atoms with Crippen LogP contribution in [0.25, 0.3) is 0 Å². The van der Waals surface area contributed by atoms with E-state index < -0.39 is 11.6 Å². The van der Waals surface area contributed by atoms with E-state index >= 15 is 0 Å². The number of carboxylic acid groups (broad SMARTS) is 1. The normalized spacial score (nSPS) is 17.8. The maximum Gasteiger partial charge on any atom is 0.339 e. The van der Waals surface area contributed by atoms with Crippen LogP contribution in [0.3, 0.4) is 0 Å². The Hall–Kier alpha value is -1.53. The highest BCUT2D eigenvalue weighted by atomic mass is 16.4. The van der Waals surface area contributed by atoms with Gasteiger partial charge in [0.1, 0.15) is 11.9 Å². The van der Waals surface area contributed by atoms with Crippen molar-refractivity contribution in [3.63, 3.8) is 0 Å². The molecule has 6 nitrogen and oxygen atoms in total. The summed E-state index contributed by atoms with van der Waals surface area (Å²) in [6, 6.07) is 0. The fraction of sp³-hybridized carbons (Fsp3) is 0.583. The summed E-state index contributed by atoms with van der Waals surface area (Å²) in [4.78, 5) is 18.6. The van der Waals surface area contributed by atoms with Crippen molar-refractivity contribution in [2.24, 2.45) is 0 Å². The fourth-order valence-electron chi connectivity index (χ4n) is 2.30. The quantitative estimate of drug-likeness (QED) is 0.708. The van der Waals surface area contributed by atoms with Crippen LogP contribution >= 0.6 is 0 Å². The molecule has 0 spiro atoms. The molecule has 0 aromatic carbocycles. The van der Waals surface area contributed by atoms with Gasteiger partial charge in [0.2, 0.25) is 0 Å². The number of carbonyl (C=O) groups is 1. The Labute approximate surface area is 105 Å². The van der Waals surface area contributed by atoms with Crippen molar-refractivity contribution < 1.29 is 15.0 Å². The first-order valence-electron chi connectivity index (χ1n) is 6.06. The molecule has 1 heterocycles. The molecular weight excluding hydrogens is 234 g/mol. The van der Waals surface area contributed by atoms with Crippen molar-refractivity contribution >= 4 is 5.97 Å². The lowest BCUT2D eigenvalue weighted by Crippen LogP contribution is -2.38. The third kappa shape index (κ3) is 3.02. The Bertz CT molecular complexity index is 430. The van der Waals surface area contributed by atoms with Crippen molar-refractivity contribution in [1.82, 2.24) is 15.3 Å². The predicted octanol–water partition coefficient (Wildman–Crippen LogP) is 0.569. The third-order valence-corrected chi connectivity index (χ3v) is 3.31. The van der Waals surface area contributed by atoms with E-state index in [1.54, 1.807) is 0 Å². The number of nitrogens with one attached hydrogen (secondary N) is 1. The Kier molecular flexibility index (Phi) is 3.88. The summed E-state index contributed by atoms with van der Waals surface area (Å²) < 4.78 is 0. The highest BCUT2D eigenvalue weighted by Crippen LogP contribution is 2.28. The van der Waals surface area contributed by atoms with Crippen molar-refractivity contribution in [2.75, 3.05) is 6.54 Å². The van der Waals surface area contributed by atoms with E-state index in [0.717, 1.165) is 25.7 Å². The van der Waals surface area contributed by atoms with Gasteiger partial charge in [-0.25, -0.2) is 14.8 Å². The van der Waals surface area contributed by atoms with Gasteiger partial charge in [-0.05, 0) is 12.8 Å². The predicted molar refractivity (Wildman–Crippen MR) is 64.1 cm³/mol. The number of aromatic carboxylic acids is 1. The minimum atomic E-state index is -1.04. The number of rotatable bonds is 5. The van der Waals surface area contributed by atoms with Gasteiger partial charge in [-0.15, -0.1) is 0 Å². The van der Waals surface area contributed by atoms with Crippen LogP contribution in [0.4, 0.5) is 0 Å². The Morgan fingerprint density at radius 2 is 2.17 bits per heavy atom. The zero-order chi connectivity index (χ0) is 13.0. The topological polar surface area (TPSA) is 95.3 Å². The average molecular weight is 251 g/mol. The van der Waals surface area contributed by atoms with Gasteiger partial charge in [-0.2, -0.15) is 0 Å². The first-order chi connectivity index (χ1) is 8.61. The minimum absolute atomic E-state index is 0.100. The van der Waals surface area contributed by atoms with Crippen molar-refractivity contribution in [3.05, 3.63) is 23.8 Å². The summed E-state index contributed by atoms with van der Waals surface area (Å²) in [5, 5.41) is 22.2. The van der Waals surface area contributed by atoms with Crippen LogP contribution in [0.1, 0.15) is 41.7 Å². The molecule has 2 rings (SSSR count). The molecule has 1 aromatic rings. The number of hydrogen-bond donors (Lipinski definition) is 3. The molecule has 0 saturated heterocycles. The van der Waals surface area contributed by atoms with Gasteiger partial charge in [0, 0.05) is 19.3 Å². The zero-order valence-corrected chi connectivity index (χ0v) is 10.1. The summed E-state index contributed by atoms with van der Waals surface area (Å²) >= 11 is 0. The van der Waals surface area contributed by atoms with Gasteiger partial charge >= 0.3 is 5.97 Å². The van der Waals surface area contributed by atoms with Gasteiger partial charge in [0.05, 0.1) is 11.3 Å². The first-order valence-corrected chi connectivity index (χ1v) is 6.06. The molecule has 6 heteroatoms. The summed E-state index contributed by atoms with van der Waals surface area (Å²) in [6.45, 7) is 0.794. The van der Waals surface area contributed by atoms with Crippen molar-refractivity contribution in [3.8, 4) is 0 Å². The standard InChI is InChI=1S/C12H17N3O3/c16-11(17)9-5-14-8-15-10(9)6-13-7-12(18)3-1-2-4-12/h5,8,13,18H,1-4,6-7H2,(H,16,17). The van der Waals surface area contributed by atoms with Crippen LogP contribution in [-0.2, 0) is 6.54 Å². The van der Waals surface area contributed by atoms with Crippen molar-refractivity contribution in [1.29, 1.82) is 0 Å². The molecule has 0 radical (unpaired) electrons. The SMILES string of the molecule is O=C(O)c1cncnc1CNCC1(O)CCCC1. The second kappa shape index (κ2) is 5.41. The maximum atomic E-state index is 10.9. The molecule has 1 saturated carbocycles. The van der Waals surface area contributed by atoms with E-state index in [0.29, 0.717) is 18.8 Å². The summed E-state index contributed by atoms with van der Waals surface area (Å²) in [7, 11) is 0. The second-order valence-electron chi connectivity index (χ2n) is 4.72. The Morgan fingerprint density at radius 1 is 1.44 bits per heavy atom. The summed E-state index contributed by atoms with van der Waals surface area (Å²) in [6.07, 6.45) is 6.31. The molecular formula is C12H17N3O3. The number of hydrogen-bond acceptors (Lipinski definition) is 5. The number of aliphatic hydroxyl groups is 1. The monoisotopic (exact) mass is 251 g/mol. The molecule has 98 valence electrons. The molecule has 0 bridgehead atoms. The van der Waals surface area contributed by atoms with E-state index in [2.05, 4.69) is 15.3 Å². The Balaban J connectivity index is 1.92. The lowest BCUT2D eigenvalue weighted by atomic mass is 10.0.